The molecule has 1 rings (SSSR count). The summed E-state index contributed by atoms with van der Waals surface area (Å²) in [5.74, 6) is -0.654. The van der Waals surface area contributed by atoms with E-state index in [2.05, 4.69) is 9.72 Å². The zero-order valence-corrected chi connectivity index (χ0v) is 8.28. The van der Waals surface area contributed by atoms with Crippen molar-refractivity contribution < 1.29 is 22.7 Å². The summed E-state index contributed by atoms with van der Waals surface area (Å²) in [6.07, 6.45) is -2.33. The van der Waals surface area contributed by atoms with Crippen LogP contribution < -0.4 is 0 Å². The molecule has 1 aromatic rings. The van der Waals surface area contributed by atoms with Gasteiger partial charge in [-0.2, -0.15) is 13.2 Å². The van der Waals surface area contributed by atoms with Crippen LogP contribution in [0.2, 0.25) is 0 Å². The van der Waals surface area contributed by atoms with Gasteiger partial charge in [-0.1, -0.05) is 6.07 Å². The lowest BCUT2D eigenvalue weighted by molar-refractivity contribution is -0.141. The number of hydrogen-bond donors (Lipinski definition) is 0. The summed E-state index contributed by atoms with van der Waals surface area (Å²) in [6, 6.07) is 3.43. The lowest BCUT2D eigenvalue weighted by Crippen LogP contribution is -2.08. The Bertz CT molecular complexity index is 413. The zero-order chi connectivity index (χ0) is 12.2. The Morgan fingerprint density at radius 1 is 1.44 bits per heavy atom. The second-order valence-electron chi connectivity index (χ2n) is 2.80. The van der Waals surface area contributed by atoms with Gasteiger partial charge in [0.1, 0.15) is 5.69 Å². The molecule has 0 bridgehead atoms. The van der Waals surface area contributed by atoms with E-state index in [9.17, 15) is 18.0 Å². The van der Waals surface area contributed by atoms with Gasteiger partial charge >= 0.3 is 12.1 Å². The Morgan fingerprint density at radius 2 is 2.12 bits per heavy atom. The van der Waals surface area contributed by atoms with Gasteiger partial charge in [0.15, 0.2) is 0 Å². The van der Waals surface area contributed by atoms with Crippen molar-refractivity contribution in [3.05, 3.63) is 35.7 Å². The van der Waals surface area contributed by atoms with Crippen LogP contribution in [0.3, 0.4) is 0 Å². The molecule has 0 spiro atoms. The highest BCUT2D eigenvalue weighted by atomic mass is 19.4. The first-order valence-electron chi connectivity index (χ1n) is 4.24. The summed E-state index contributed by atoms with van der Waals surface area (Å²) >= 11 is 0. The molecular weight excluding hydrogens is 223 g/mol. The summed E-state index contributed by atoms with van der Waals surface area (Å²) in [7, 11) is 1.17. The Morgan fingerprint density at radius 3 is 2.69 bits per heavy atom. The first kappa shape index (κ1) is 12.2. The number of nitrogens with zero attached hydrogens (tertiary/aromatic N) is 1. The quantitative estimate of drug-likeness (QED) is 0.579. The van der Waals surface area contributed by atoms with E-state index in [-0.39, 0.29) is 5.69 Å². The molecule has 0 saturated carbocycles. The Hall–Kier alpha value is -1.85. The van der Waals surface area contributed by atoms with Gasteiger partial charge in [-0.3, -0.25) is 0 Å². The van der Waals surface area contributed by atoms with Gasteiger partial charge in [0.2, 0.25) is 0 Å². The minimum Gasteiger partial charge on any atom is -0.466 e. The smallest absolute Gasteiger partial charge is 0.433 e. The second kappa shape index (κ2) is 4.78. The van der Waals surface area contributed by atoms with Gasteiger partial charge in [0, 0.05) is 6.08 Å². The first-order valence-corrected chi connectivity index (χ1v) is 4.24. The molecule has 86 valence electrons. The fourth-order valence-corrected chi connectivity index (χ4v) is 0.924. The van der Waals surface area contributed by atoms with E-state index in [0.717, 1.165) is 18.2 Å². The van der Waals surface area contributed by atoms with Crippen LogP contribution in [0.5, 0.6) is 0 Å². The highest BCUT2D eigenvalue weighted by Gasteiger charge is 2.32. The molecule has 16 heavy (non-hydrogen) atoms. The lowest BCUT2D eigenvalue weighted by Gasteiger charge is -2.05. The number of methoxy groups -OCH3 is 1. The molecule has 0 aliphatic heterocycles. The summed E-state index contributed by atoms with van der Waals surface area (Å²) in [5.41, 5.74) is -0.959. The van der Waals surface area contributed by atoms with Gasteiger partial charge in [-0.25, -0.2) is 9.78 Å². The summed E-state index contributed by atoms with van der Waals surface area (Å²) in [6.45, 7) is 0. The van der Waals surface area contributed by atoms with Crippen LogP contribution in [0.4, 0.5) is 13.2 Å². The summed E-state index contributed by atoms with van der Waals surface area (Å²) in [4.78, 5) is 14.0. The van der Waals surface area contributed by atoms with E-state index in [1.165, 1.54) is 19.2 Å². The molecule has 0 saturated heterocycles. The normalized spacial score (nSPS) is 11.8. The molecule has 0 amide bonds. The van der Waals surface area contributed by atoms with E-state index in [1.54, 1.807) is 0 Å². The Balaban J connectivity index is 2.91. The van der Waals surface area contributed by atoms with Crippen LogP contribution in [0, 0.1) is 0 Å². The molecule has 0 atom stereocenters. The maximum atomic E-state index is 12.3. The number of aromatic nitrogens is 1. The lowest BCUT2D eigenvalue weighted by atomic mass is 10.3. The highest BCUT2D eigenvalue weighted by Crippen LogP contribution is 2.27. The number of carbonyl (C=O) groups is 1. The predicted octanol–water partition coefficient (Wildman–Crippen LogP) is 2.29. The van der Waals surface area contributed by atoms with Gasteiger partial charge in [0.05, 0.1) is 12.8 Å². The van der Waals surface area contributed by atoms with Crippen LogP contribution in [-0.2, 0) is 15.7 Å². The number of alkyl halides is 3. The molecule has 0 N–H and O–H groups in total. The van der Waals surface area contributed by atoms with Crippen molar-refractivity contribution in [2.75, 3.05) is 7.11 Å². The molecule has 1 aromatic heterocycles. The van der Waals surface area contributed by atoms with E-state index < -0.39 is 17.8 Å². The van der Waals surface area contributed by atoms with Crippen molar-refractivity contribution >= 4 is 12.0 Å². The average Bonchev–Trinajstić information content (AvgIpc) is 2.25. The monoisotopic (exact) mass is 231 g/mol. The maximum Gasteiger partial charge on any atom is 0.433 e. The fraction of sp³-hybridized carbons (Fsp3) is 0.200. The fourth-order valence-electron chi connectivity index (χ4n) is 0.924. The van der Waals surface area contributed by atoms with E-state index in [0.29, 0.717) is 0 Å². The molecular formula is C10H8F3NO2. The number of ether oxygens (including phenoxy) is 1. The van der Waals surface area contributed by atoms with Crippen LogP contribution in [0.15, 0.2) is 24.3 Å². The van der Waals surface area contributed by atoms with Crippen molar-refractivity contribution in [1.29, 1.82) is 0 Å². The Kier molecular flexibility index (Phi) is 3.65. The van der Waals surface area contributed by atoms with Crippen LogP contribution in [0.25, 0.3) is 6.08 Å². The third-order valence-corrected chi connectivity index (χ3v) is 1.65. The van der Waals surface area contributed by atoms with Crippen molar-refractivity contribution in [1.82, 2.24) is 4.98 Å². The first-order chi connectivity index (χ1) is 7.43. The number of halogens is 3. The summed E-state index contributed by atoms with van der Waals surface area (Å²) in [5, 5.41) is 0. The molecule has 3 nitrogen and oxygen atoms in total. The zero-order valence-electron chi connectivity index (χ0n) is 8.28. The minimum atomic E-state index is -4.49. The largest absolute Gasteiger partial charge is 0.466 e. The third-order valence-electron chi connectivity index (χ3n) is 1.65. The average molecular weight is 231 g/mol. The molecule has 0 aromatic carbocycles. The van der Waals surface area contributed by atoms with Gasteiger partial charge in [0.25, 0.3) is 0 Å². The summed E-state index contributed by atoms with van der Waals surface area (Å²) < 4.78 is 41.1. The van der Waals surface area contributed by atoms with E-state index >= 15 is 0 Å². The van der Waals surface area contributed by atoms with Crippen LogP contribution >= 0.6 is 0 Å². The number of esters is 1. The molecule has 0 aliphatic carbocycles. The predicted molar refractivity (Wildman–Crippen MR) is 50.3 cm³/mol. The minimum absolute atomic E-state index is 0.0419. The van der Waals surface area contributed by atoms with Crippen molar-refractivity contribution in [3.63, 3.8) is 0 Å². The number of pyridine rings is 1. The maximum absolute atomic E-state index is 12.3. The SMILES string of the molecule is COC(=O)C=Cc1cccc(C(F)(F)F)n1. The van der Waals surface area contributed by atoms with Crippen molar-refractivity contribution in [2.45, 2.75) is 6.18 Å². The molecule has 0 radical (unpaired) electrons. The Labute approximate surface area is 89.6 Å². The van der Waals surface area contributed by atoms with Crippen LogP contribution in [-0.4, -0.2) is 18.1 Å². The van der Waals surface area contributed by atoms with Gasteiger partial charge in [-0.15, -0.1) is 0 Å². The number of carbonyl (C=O) groups excluding carboxylic acids is 1. The van der Waals surface area contributed by atoms with E-state index in [1.807, 2.05) is 0 Å². The molecule has 0 aliphatic rings. The van der Waals surface area contributed by atoms with Crippen molar-refractivity contribution in [2.24, 2.45) is 0 Å². The highest BCUT2D eigenvalue weighted by molar-refractivity contribution is 5.86. The topological polar surface area (TPSA) is 39.2 Å². The standard InChI is InChI=1S/C10H8F3NO2/c1-16-9(15)6-5-7-3-2-4-8(14-7)10(11,12)13/h2-6H,1H3. The van der Waals surface area contributed by atoms with Crippen LogP contribution in [0.1, 0.15) is 11.4 Å². The molecule has 0 unspecified atom stereocenters. The van der Waals surface area contributed by atoms with Crippen molar-refractivity contribution in [3.8, 4) is 0 Å². The molecule has 1 heterocycles. The molecule has 0 fully saturated rings. The van der Waals surface area contributed by atoms with E-state index in [4.69, 9.17) is 0 Å². The molecule has 6 heteroatoms. The number of rotatable bonds is 2. The number of hydrogen-bond acceptors (Lipinski definition) is 3. The van der Waals surface area contributed by atoms with Gasteiger partial charge < -0.3 is 4.74 Å². The third kappa shape index (κ3) is 3.38. The van der Waals surface area contributed by atoms with Gasteiger partial charge in [-0.05, 0) is 18.2 Å². The second-order valence-corrected chi connectivity index (χ2v) is 2.80.